The second-order valence-corrected chi connectivity index (χ2v) is 8.63. The van der Waals surface area contributed by atoms with Crippen LogP contribution in [0.2, 0.25) is 0 Å². The number of aryl methyl sites for hydroxylation is 1. The third-order valence-corrected chi connectivity index (χ3v) is 6.61. The van der Waals surface area contributed by atoms with Crippen LogP contribution in [0.1, 0.15) is 23.3 Å². The third kappa shape index (κ3) is 3.33. The standard InChI is InChI=1S/C16H18FNO3S2/c1-11-9-13(6-7-14(11)17)23(20,21)18-10-16(19,12-4-5-12)15-3-2-8-22-15/h2-3,6-9,12,18-19H,4-5,10H2,1H3. The summed E-state index contributed by atoms with van der Waals surface area (Å²) in [5.74, 6) is -0.379. The Balaban J connectivity index is 1.81. The van der Waals surface area contributed by atoms with Crippen molar-refractivity contribution in [3.05, 3.63) is 52.0 Å². The summed E-state index contributed by atoms with van der Waals surface area (Å²) in [5, 5.41) is 12.8. The van der Waals surface area contributed by atoms with Gasteiger partial charge >= 0.3 is 0 Å². The lowest BCUT2D eigenvalue weighted by atomic mass is 9.96. The Morgan fingerprint density at radius 3 is 2.70 bits per heavy atom. The van der Waals surface area contributed by atoms with E-state index in [0.717, 1.165) is 23.8 Å². The number of sulfonamides is 1. The predicted octanol–water partition coefficient (Wildman–Crippen LogP) is 2.77. The average Bonchev–Trinajstić information content (AvgIpc) is 3.23. The van der Waals surface area contributed by atoms with E-state index in [9.17, 15) is 17.9 Å². The Kier molecular flexibility index (Phi) is 4.31. The molecule has 7 heteroatoms. The highest BCUT2D eigenvalue weighted by molar-refractivity contribution is 7.89. The van der Waals surface area contributed by atoms with Crippen LogP contribution in [0.15, 0.2) is 40.6 Å². The van der Waals surface area contributed by atoms with Crippen LogP contribution in [0.3, 0.4) is 0 Å². The van der Waals surface area contributed by atoms with Gasteiger partial charge in [-0.15, -0.1) is 11.3 Å². The maximum absolute atomic E-state index is 13.3. The van der Waals surface area contributed by atoms with Gasteiger partial charge in [0.25, 0.3) is 0 Å². The van der Waals surface area contributed by atoms with Gasteiger partial charge in [0, 0.05) is 11.4 Å². The van der Waals surface area contributed by atoms with Gasteiger partial charge in [-0.1, -0.05) is 6.07 Å². The highest BCUT2D eigenvalue weighted by atomic mass is 32.2. The topological polar surface area (TPSA) is 66.4 Å². The summed E-state index contributed by atoms with van der Waals surface area (Å²) >= 11 is 1.41. The minimum absolute atomic E-state index is 0.000673. The van der Waals surface area contributed by atoms with Crippen molar-refractivity contribution in [2.75, 3.05) is 6.54 Å². The minimum atomic E-state index is -3.80. The molecule has 2 N–H and O–H groups in total. The number of halogens is 1. The lowest BCUT2D eigenvalue weighted by Crippen LogP contribution is -2.41. The molecule has 0 saturated heterocycles. The SMILES string of the molecule is Cc1cc(S(=O)(=O)NCC(O)(c2cccs2)C2CC2)ccc1F. The van der Waals surface area contributed by atoms with Crippen molar-refractivity contribution in [1.29, 1.82) is 0 Å². The Bertz CT molecular complexity index is 801. The number of hydrogen-bond acceptors (Lipinski definition) is 4. The zero-order valence-corrected chi connectivity index (χ0v) is 14.3. The molecule has 0 radical (unpaired) electrons. The van der Waals surface area contributed by atoms with Gasteiger partial charge in [0.15, 0.2) is 0 Å². The molecule has 0 bridgehead atoms. The van der Waals surface area contributed by atoms with E-state index in [4.69, 9.17) is 0 Å². The number of rotatable bonds is 6. The molecule has 1 unspecified atom stereocenters. The van der Waals surface area contributed by atoms with E-state index in [2.05, 4.69) is 4.72 Å². The Morgan fingerprint density at radius 1 is 1.39 bits per heavy atom. The molecule has 1 atom stereocenters. The maximum atomic E-state index is 13.3. The summed E-state index contributed by atoms with van der Waals surface area (Å²) in [5.41, 5.74) is -0.917. The van der Waals surface area contributed by atoms with Crippen LogP contribution in [0, 0.1) is 18.7 Å². The molecule has 1 saturated carbocycles. The zero-order valence-electron chi connectivity index (χ0n) is 12.6. The highest BCUT2D eigenvalue weighted by Crippen LogP contribution is 2.46. The summed E-state index contributed by atoms with van der Waals surface area (Å²) in [6.45, 7) is 1.43. The van der Waals surface area contributed by atoms with E-state index in [1.807, 2.05) is 17.5 Å². The van der Waals surface area contributed by atoms with Crippen LogP contribution in [-0.2, 0) is 15.6 Å². The molecule has 1 fully saturated rings. The van der Waals surface area contributed by atoms with Gasteiger partial charge in [-0.3, -0.25) is 0 Å². The first-order valence-electron chi connectivity index (χ1n) is 7.35. The second-order valence-electron chi connectivity index (χ2n) is 5.91. The van der Waals surface area contributed by atoms with Gasteiger partial charge in [0.1, 0.15) is 11.4 Å². The van der Waals surface area contributed by atoms with Crippen molar-refractivity contribution >= 4 is 21.4 Å². The molecule has 124 valence electrons. The fourth-order valence-corrected chi connectivity index (χ4v) is 4.65. The maximum Gasteiger partial charge on any atom is 0.240 e. The number of benzene rings is 1. The minimum Gasteiger partial charge on any atom is -0.383 e. The molecule has 0 spiro atoms. The summed E-state index contributed by atoms with van der Waals surface area (Å²) in [6.07, 6.45) is 1.76. The summed E-state index contributed by atoms with van der Waals surface area (Å²) < 4.78 is 40.6. The predicted molar refractivity (Wildman–Crippen MR) is 87.3 cm³/mol. The largest absolute Gasteiger partial charge is 0.383 e. The van der Waals surface area contributed by atoms with Gasteiger partial charge in [-0.25, -0.2) is 17.5 Å². The zero-order chi connectivity index (χ0) is 16.7. The van der Waals surface area contributed by atoms with Crippen LogP contribution in [0.25, 0.3) is 0 Å². The highest BCUT2D eigenvalue weighted by Gasteiger charge is 2.46. The quantitative estimate of drug-likeness (QED) is 0.837. The van der Waals surface area contributed by atoms with E-state index in [1.54, 1.807) is 0 Å². The first-order valence-corrected chi connectivity index (χ1v) is 9.71. The number of thiophene rings is 1. The molecular weight excluding hydrogens is 337 g/mol. The van der Waals surface area contributed by atoms with E-state index >= 15 is 0 Å². The van der Waals surface area contributed by atoms with Crippen molar-refractivity contribution in [3.63, 3.8) is 0 Å². The molecule has 1 aliphatic carbocycles. The van der Waals surface area contributed by atoms with Crippen LogP contribution in [0.4, 0.5) is 4.39 Å². The molecule has 23 heavy (non-hydrogen) atoms. The van der Waals surface area contributed by atoms with Gasteiger partial charge in [-0.05, 0) is 60.9 Å². The van der Waals surface area contributed by atoms with Crippen LogP contribution in [0.5, 0.6) is 0 Å². The van der Waals surface area contributed by atoms with Crippen LogP contribution in [-0.4, -0.2) is 20.1 Å². The van der Waals surface area contributed by atoms with Crippen LogP contribution >= 0.6 is 11.3 Å². The third-order valence-electron chi connectivity index (χ3n) is 4.17. The summed E-state index contributed by atoms with van der Waals surface area (Å²) in [7, 11) is -3.80. The summed E-state index contributed by atoms with van der Waals surface area (Å²) in [6, 6.07) is 7.31. The van der Waals surface area contributed by atoms with Gasteiger partial charge < -0.3 is 5.11 Å². The Hall–Kier alpha value is -1.28. The van der Waals surface area contributed by atoms with Crippen molar-refractivity contribution in [3.8, 4) is 0 Å². The van der Waals surface area contributed by atoms with Crippen LogP contribution < -0.4 is 4.72 Å². The first kappa shape index (κ1) is 16.6. The smallest absolute Gasteiger partial charge is 0.240 e. The van der Waals surface area contributed by atoms with Crippen molar-refractivity contribution in [2.45, 2.75) is 30.3 Å². The number of hydrogen-bond donors (Lipinski definition) is 2. The van der Waals surface area contributed by atoms with Gasteiger partial charge in [-0.2, -0.15) is 0 Å². The summed E-state index contributed by atoms with van der Waals surface area (Å²) in [4.78, 5) is 0.763. The lowest BCUT2D eigenvalue weighted by Gasteiger charge is -2.27. The van der Waals surface area contributed by atoms with E-state index in [-0.39, 0.29) is 22.9 Å². The molecule has 1 aliphatic rings. The molecule has 1 aromatic carbocycles. The van der Waals surface area contributed by atoms with Crippen molar-refractivity contribution in [1.82, 2.24) is 4.72 Å². The molecule has 0 aliphatic heterocycles. The van der Waals surface area contributed by atoms with E-state index < -0.39 is 21.4 Å². The number of nitrogens with one attached hydrogen (secondary N) is 1. The Labute approximate surface area is 139 Å². The Morgan fingerprint density at radius 2 is 2.13 bits per heavy atom. The normalized spacial score (nSPS) is 17.9. The second kappa shape index (κ2) is 5.98. The molecule has 4 nitrogen and oxygen atoms in total. The fourth-order valence-electron chi connectivity index (χ4n) is 2.59. The van der Waals surface area contributed by atoms with Crippen molar-refractivity contribution in [2.24, 2.45) is 5.92 Å². The molecular formula is C16H18FNO3S2. The average molecular weight is 355 g/mol. The lowest BCUT2D eigenvalue weighted by molar-refractivity contribution is 0.0222. The molecule has 2 aromatic rings. The monoisotopic (exact) mass is 355 g/mol. The van der Waals surface area contributed by atoms with Crippen molar-refractivity contribution < 1.29 is 17.9 Å². The fraction of sp³-hybridized carbons (Fsp3) is 0.375. The first-order chi connectivity index (χ1) is 10.8. The molecule has 1 aromatic heterocycles. The van der Waals surface area contributed by atoms with E-state index in [1.165, 1.54) is 30.4 Å². The van der Waals surface area contributed by atoms with Gasteiger partial charge in [0.05, 0.1) is 4.90 Å². The molecule has 0 amide bonds. The number of aliphatic hydroxyl groups is 1. The van der Waals surface area contributed by atoms with E-state index in [0.29, 0.717) is 0 Å². The van der Waals surface area contributed by atoms with Gasteiger partial charge in [0.2, 0.25) is 10.0 Å². The molecule has 3 rings (SSSR count). The molecule has 1 heterocycles.